The molecule has 0 aromatic heterocycles. The van der Waals surface area contributed by atoms with Gasteiger partial charge in [0.25, 0.3) is 0 Å². The molecule has 1 aromatic rings. The van der Waals surface area contributed by atoms with E-state index in [1.54, 1.807) is 0 Å². The Morgan fingerprint density at radius 2 is 1.90 bits per heavy atom. The smallest absolute Gasteiger partial charge is 0.309 e. The minimum absolute atomic E-state index is 0.0554. The van der Waals surface area contributed by atoms with E-state index < -0.39 is 11.8 Å². The molecule has 1 heterocycles. The first-order chi connectivity index (χ1) is 10.3. The van der Waals surface area contributed by atoms with Crippen LogP contribution >= 0.6 is 0 Å². The maximum absolute atomic E-state index is 11.6. The van der Waals surface area contributed by atoms with Gasteiger partial charge >= 0.3 is 11.8 Å². The van der Waals surface area contributed by atoms with Gasteiger partial charge in [0, 0.05) is 19.7 Å². The van der Waals surface area contributed by atoms with Gasteiger partial charge in [-0.05, 0) is 31.2 Å². The van der Waals surface area contributed by atoms with Crippen molar-refractivity contribution in [1.82, 2.24) is 10.6 Å². The van der Waals surface area contributed by atoms with E-state index in [4.69, 9.17) is 4.74 Å². The van der Waals surface area contributed by atoms with Gasteiger partial charge in [-0.25, -0.2) is 0 Å². The Bertz CT molecular complexity index is 456. The lowest BCUT2D eigenvalue weighted by Gasteiger charge is -2.10. The van der Waals surface area contributed by atoms with Crippen LogP contribution in [0.15, 0.2) is 30.3 Å². The molecule has 0 aliphatic carbocycles. The van der Waals surface area contributed by atoms with Crippen LogP contribution in [-0.4, -0.2) is 37.6 Å². The first kappa shape index (κ1) is 15.5. The minimum Gasteiger partial charge on any atom is -0.376 e. The van der Waals surface area contributed by atoms with Gasteiger partial charge in [0.1, 0.15) is 0 Å². The number of aryl methyl sites for hydroxylation is 1. The van der Waals surface area contributed by atoms with Gasteiger partial charge in [-0.2, -0.15) is 0 Å². The van der Waals surface area contributed by atoms with E-state index in [-0.39, 0.29) is 6.10 Å². The van der Waals surface area contributed by atoms with E-state index in [1.165, 1.54) is 5.56 Å². The molecule has 1 atom stereocenters. The normalized spacial score (nSPS) is 17.4. The Morgan fingerprint density at radius 3 is 2.62 bits per heavy atom. The summed E-state index contributed by atoms with van der Waals surface area (Å²) >= 11 is 0. The molecule has 0 unspecified atom stereocenters. The second-order valence-corrected chi connectivity index (χ2v) is 5.19. The molecule has 5 nitrogen and oxygen atoms in total. The molecule has 2 N–H and O–H groups in total. The molecule has 0 bridgehead atoms. The molecule has 5 heteroatoms. The summed E-state index contributed by atoms with van der Waals surface area (Å²) in [4.78, 5) is 23.2. The first-order valence-corrected chi connectivity index (χ1v) is 7.47. The van der Waals surface area contributed by atoms with Crippen LogP contribution in [0.25, 0.3) is 0 Å². The van der Waals surface area contributed by atoms with Crippen molar-refractivity contribution in [2.24, 2.45) is 0 Å². The van der Waals surface area contributed by atoms with Gasteiger partial charge in [0.15, 0.2) is 0 Å². The highest BCUT2D eigenvalue weighted by Crippen LogP contribution is 2.10. The highest BCUT2D eigenvalue weighted by atomic mass is 16.5. The second kappa shape index (κ2) is 8.42. The monoisotopic (exact) mass is 290 g/mol. The third-order valence-corrected chi connectivity index (χ3v) is 3.49. The number of hydrogen-bond donors (Lipinski definition) is 2. The number of carbonyl (C=O) groups excluding carboxylic acids is 2. The summed E-state index contributed by atoms with van der Waals surface area (Å²) in [5.74, 6) is -1.15. The highest BCUT2D eigenvalue weighted by Gasteiger charge is 2.18. The summed E-state index contributed by atoms with van der Waals surface area (Å²) in [7, 11) is 0. The Balaban J connectivity index is 1.56. The average Bonchev–Trinajstić information content (AvgIpc) is 3.03. The maximum Gasteiger partial charge on any atom is 0.309 e. The Hall–Kier alpha value is -1.88. The Labute approximate surface area is 125 Å². The topological polar surface area (TPSA) is 67.4 Å². The van der Waals surface area contributed by atoms with E-state index in [2.05, 4.69) is 22.8 Å². The van der Waals surface area contributed by atoms with Crippen molar-refractivity contribution in [3.05, 3.63) is 35.9 Å². The van der Waals surface area contributed by atoms with E-state index in [1.807, 2.05) is 18.2 Å². The van der Waals surface area contributed by atoms with Crippen LogP contribution in [0.4, 0.5) is 0 Å². The predicted molar refractivity (Wildman–Crippen MR) is 79.8 cm³/mol. The second-order valence-electron chi connectivity index (χ2n) is 5.19. The van der Waals surface area contributed by atoms with Crippen molar-refractivity contribution in [2.45, 2.75) is 31.8 Å². The SMILES string of the molecule is O=C(NCCCc1ccccc1)C(=O)NC[C@@H]1CCCO1. The number of nitrogens with one attached hydrogen (secondary N) is 2. The summed E-state index contributed by atoms with van der Waals surface area (Å²) in [6.07, 6.45) is 3.72. The van der Waals surface area contributed by atoms with E-state index in [0.29, 0.717) is 13.1 Å². The fourth-order valence-electron chi connectivity index (χ4n) is 2.31. The van der Waals surface area contributed by atoms with Crippen LogP contribution in [0.1, 0.15) is 24.8 Å². The van der Waals surface area contributed by atoms with Gasteiger partial charge in [-0.1, -0.05) is 30.3 Å². The van der Waals surface area contributed by atoms with Gasteiger partial charge in [-0.15, -0.1) is 0 Å². The summed E-state index contributed by atoms with van der Waals surface area (Å²) in [5, 5.41) is 5.24. The molecule has 1 fully saturated rings. The number of ether oxygens (including phenoxy) is 1. The van der Waals surface area contributed by atoms with Crippen molar-refractivity contribution < 1.29 is 14.3 Å². The van der Waals surface area contributed by atoms with E-state index in [9.17, 15) is 9.59 Å². The van der Waals surface area contributed by atoms with Gasteiger partial charge < -0.3 is 15.4 Å². The molecule has 0 saturated carbocycles. The molecular weight excluding hydrogens is 268 g/mol. The number of rotatable bonds is 6. The zero-order valence-corrected chi connectivity index (χ0v) is 12.1. The molecule has 0 radical (unpaired) electrons. The maximum atomic E-state index is 11.6. The lowest BCUT2D eigenvalue weighted by molar-refractivity contribution is -0.139. The van der Waals surface area contributed by atoms with E-state index >= 15 is 0 Å². The van der Waals surface area contributed by atoms with Crippen molar-refractivity contribution in [1.29, 1.82) is 0 Å². The van der Waals surface area contributed by atoms with Gasteiger partial charge in [0.05, 0.1) is 6.10 Å². The van der Waals surface area contributed by atoms with Crippen molar-refractivity contribution in [2.75, 3.05) is 19.7 Å². The highest BCUT2D eigenvalue weighted by molar-refractivity contribution is 6.35. The predicted octanol–water partition coefficient (Wildman–Crippen LogP) is 1.03. The molecule has 1 aliphatic heterocycles. The fourth-order valence-corrected chi connectivity index (χ4v) is 2.31. The van der Waals surface area contributed by atoms with Crippen molar-refractivity contribution >= 4 is 11.8 Å². The molecular formula is C16H22N2O3. The Kier molecular flexibility index (Phi) is 6.22. The lowest BCUT2D eigenvalue weighted by Crippen LogP contribution is -2.42. The molecule has 2 amide bonds. The van der Waals surface area contributed by atoms with Gasteiger partial charge in [-0.3, -0.25) is 9.59 Å². The quantitative estimate of drug-likeness (QED) is 0.607. The third kappa shape index (κ3) is 5.55. The summed E-state index contributed by atoms with van der Waals surface area (Å²) < 4.78 is 5.38. The molecule has 21 heavy (non-hydrogen) atoms. The zero-order chi connectivity index (χ0) is 14.9. The summed E-state index contributed by atoms with van der Waals surface area (Å²) in [5.41, 5.74) is 1.23. The van der Waals surface area contributed by atoms with Crippen LogP contribution < -0.4 is 10.6 Å². The van der Waals surface area contributed by atoms with Crippen LogP contribution in [-0.2, 0) is 20.7 Å². The standard InChI is InChI=1S/C16H22N2O3/c19-15(16(20)18-12-14-9-5-11-21-14)17-10-4-8-13-6-2-1-3-7-13/h1-3,6-7,14H,4-5,8-12H2,(H,17,19)(H,18,20)/t14-/m0/s1. The minimum atomic E-state index is -0.579. The van der Waals surface area contributed by atoms with Crippen LogP contribution in [0.2, 0.25) is 0 Å². The molecule has 114 valence electrons. The third-order valence-electron chi connectivity index (χ3n) is 3.49. The molecule has 0 spiro atoms. The lowest BCUT2D eigenvalue weighted by atomic mass is 10.1. The summed E-state index contributed by atoms with van der Waals surface area (Å²) in [6.45, 7) is 1.66. The van der Waals surface area contributed by atoms with Gasteiger partial charge in [0.2, 0.25) is 0 Å². The van der Waals surface area contributed by atoms with E-state index in [0.717, 1.165) is 32.3 Å². The molecule has 2 rings (SSSR count). The van der Waals surface area contributed by atoms with Crippen LogP contribution in [0.3, 0.4) is 0 Å². The fraction of sp³-hybridized carbons (Fsp3) is 0.500. The number of hydrogen-bond acceptors (Lipinski definition) is 3. The summed E-state index contributed by atoms with van der Waals surface area (Å²) in [6, 6.07) is 10.1. The van der Waals surface area contributed by atoms with Crippen LogP contribution in [0.5, 0.6) is 0 Å². The number of carbonyl (C=O) groups is 2. The zero-order valence-electron chi connectivity index (χ0n) is 12.1. The molecule has 1 aliphatic rings. The largest absolute Gasteiger partial charge is 0.376 e. The first-order valence-electron chi connectivity index (χ1n) is 7.47. The van der Waals surface area contributed by atoms with Crippen molar-refractivity contribution in [3.63, 3.8) is 0 Å². The molecule has 1 aromatic carbocycles. The molecule has 1 saturated heterocycles. The van der Waals surface area contributed by atoms with Crippen molar-refractivity contribution in [3.8, 4) is 0 Å². The Morgan fingerprint density at radius 1 is 1.14 bits per heavy atom. The van der Waals surface area contributed by atoms with Crippen LogP contribution in [0, 0.1) is 0 Å². The number of benzene rings is 1. The average molecular weight is 290 g/mol. The number of amides is 2.